The van der Waals surface area contributed by atoms with Crippen LogP contribution < -0.4 is 21.9 Å². The molecule has 0 radical (unpaired) electrons. The van der Waals surface area contributed by atoms with Gasteiger partial charge in [-0.1, -0.05) is 18.2 Å². The van der Waals surface area contributed by atoms with Crippen molar-refractivity contribution < 1.29 is 14.5 Å². The first-order chi connectivity index (χ1) is 12.9. The third kappa shape index (κ3) is 3.56. The lowest BCUT2D eigenvalue weighted by Crippen LogP contribution is -2.46. The van der Waals surface area contributed by atoms with Crippen molar-refractivity contribution in [1.29, 1.82) is 0 Å². The van der Waals surface area contributed by atoms with Gasteiger partial charge in [-0.25, -0.2) is 14.9 Å². The van der Waals surface area contributed by atoms with Gasteiger partial charge < -0.3 is 4.98 Å². The molecule has 0 fully saturated rings. The van der Waals surface area contributed by atoms with Gasteiger partial charge in [-0.2, -0.15) is 0 Å². The maximum atomic E-state index is 12.1. The highest BCUT2D eigenvalue weighted by Gasteiger charge is 2.15. The Bertz CT molecular complexity index is 1180. The van der Waals surface area contributed by atoms with Crippen LogP contribution in [-0.4, -0.2) is 26.5 Å². The molecule has 0 atom stereocenters. The number of carbonyl (C=O) groups excluding carboxylic acids is 2. The van der Waals surface area contributed by atoms with E-state index < -0.39 is 28.0 Å². The molecule has 3 rings (SSSR count). The standard InChI is InChI=1S/C16H11N5O6/c22-13(9-4-2-1-3-5-9)18-16(25)19-20-12-7-6-10(21(26)27)8-11(12)17-14(23)15(20)24/h1-8H,(H,17,23)(H2,18,19,22,25). The number of aromatic amines is 1. The zero-order valence-electron chi connectivity index (χ0n) is 13.5. The van der Waals surface area contributed by atoms with Crippen molar-refractivity contribution in [3.63, 3.8) is 0 Å². The molecule has 136 valence electrons. The molecule has 11 nitrogen and oxygen atoms in total. The highest BCUT2D eigenvalue weighted by Crippen LogP contribution is 2.16. The topological polar surface area (TPSA) is 156 Å². The van der Waals surface area contributed by atoms with Crippen molar-refractivity contribution >= 4 is 28.7 Å². The van der Waals surface area contributed by atoms with Gasteiger partial charge in [0.15, 0.2) is 0 Å². The minimum absolute atomic E-state index is 0.00695. The summed E-state index contributed by atoms with van der Waals surface area (Å²) in [7, 11) is 0. The van der Waals surface area contributed by atoms with Gasteiger partial charge in [-0.05, 0) is 18.2 Å². The Hall–Kier alpha value is -4.28. The molecule has 0 spiro atoms. The summed E-state index contributed by atoms with van der Waals surface area (Å²) in [6.45, 7) is 0. The van der Waals surface area contributed by atoms with Crippen LogP contribution in [0.4, 0.5) is 10.5 Å². The van der Waals surface area contributed by atoms with Crippen molar-refractivity contribution in [2.45, 2.75) is 0 Å². The molecule has 3 amide bonds. The molecule has 11 heteroatoms. The van der Waals surface area contributed by atoms with Gasteiger partial charge in [0, 0.05) is 17.7 Å². The third-order valence-corrected chi connectivity index (χ3v) is 3.55. The lowest BCUT2D eigenvalue weighted by atomic mass is 10.2. The molecule has 3 aromatic rings. The SMILES string of the molecule is O=C(NC(=O)c1ccccc1)Nn1c(=O)c(=O)[nH]c2cc([N+](=O)[O-])ccc21. The molecular formula is C16H11N5O6. The summed E-state index contributed by atoms with van der Waals surface area (Å²) >= 11 is 0. The van der Waals surface area contributed by atoms with E-state index in [1.807, 2.05) is 5.32 Å². The number of nitro benzene ring substituents is 1. The number of rotatable bonds is 3. The number of urea groups is 1. The number of H-pyrrole nitrogens is 1. The van der Waals surface area contributed by atoms with Crippen LogP contribution in [0.25, 0.3) is 11.0 Å². The van der Waals surface area contributed by atoms with Crippen LogP contribution in [0.2, 0.25) is 0 Å². The van der Waals surface area contributed by atoms with Crippen molar-refractivity contribution in [2.24, 2.45) is 0 Å². The van der Waals surface area contributed by atoms with E-state index in [4.69, 9.17) is 0 Å². The fraction of sp³-hybridized carbons (Fsp3) is 0. The van der Waals surface area contributed by atoms with Gasteiger partial charge in [0.25, 0.3) is 11.6 Å². The first kappa shape index (κ1) is 17.5. The highest BCUT2D eigenvalue weighted by atomic mass is 16.6. The van der Waals surface area contributed by atoms with Gasteiger partial charge in [-0.15, -0.1) is 0 Å². The van der Waals surface area contributed by atoms with Crippen molar-refractivity contribution in [3.05, 3.63) is 84.9 Å². The van der Waals surface area contributed by atoms with Gasteiger partial charge in [0.1, 0.15) is 0 Å². The van der Waals surface area contributed by atoms with Crippen LogP contribution in [0, 0.1) is 10.1 Å². The van der Waals surface area contributed by atoms with Gasteiger partial charge >= 0.3 is 17.1 Å². The number of non-ortho nitro benzene ring substituents is 1. The summed E-state index contributed by atoms with van der Waals surface area (Å²) in [5.74, 6) is -0.717. The minimum atomic E-state index is -1.13. The van der Waals surface area contributed by atoms with Crippen LogP contribution >= 0.6 is 0 Å². The van der Waals surface area contributed by atoms with E-state index in [0.717, 1.165) is 12.1 Å². The van der Waals surface area contributed by atoms with Crippen molar-refractivity contribution in [3.8, 4) is 0 Å². The fourth-order valence-electron chi connectivity index (χ4n) is 2.32. The molecule has 1 heterocycles. The summed E-state index contributed by atoms with van der Waals surface area (Å²) < 4.78 is 0.603. The third-order valence-electron chi connectivity index (χ3n) is 3.55. The Morgan fingerprint density at radius 1 is 1.07 bits per heavy atom. The molecule has 2 aromatic carbocycles. The molecule has 0 aliphatic carbocycles. The van der Waals surface area contributed by atoms with Crippen LogP contribution in [-0.2, 0) is 0 Å². The maximum absolute atomic E-state index is 12.1. The lowest BCUT2D eigenvalue weighted by molar-refractivity contribution is -0.384. The van der Waals surface area contributed by atoms with Crippen LogP contribution in [0.5, 0.6) is 0 Å². The van der Waals surface area contributed by atoms with Crippen LogP contribution in [0.1, 0.15) is 10.4 Å². The number of hydrogen-bond acceptors (Lipinski definition) is 6. The second-order valence-corrected chi connectivity index (χ2v) is 5.31. The zero-order valence-corrected chi connectivity index (χ0v) is 13.5. The summed E-state index contributed by atoms with van der Waals surface area (Å²) in [5.41, 5.74) is -0.269. The summed E-state index contributed by atoms with van der Waals surface area (Å²) in [4.78, 5) is 60.2. The van der Waals surface area contributed by atoms with Crippen molar-refractivity contribution in [1.82, 2.24) is 15.0 Å². The fourth-order valence-corrected chi connectivity index (χ4v) is 2.32. The van der Waals surface area contributed by atoms with E-state index in [-0.39, 0.29) is 22.3 Å². The Morgan fingerprint density at radius 3 is 2.44 bits per heavy atom. The van der Waals surface area contributed by atoms with E-state index in [2.05, 4.69) is 10.4 Å². The van der Waals surface area contributed by atoms with Gasteiger partial charge in [0.05, 0.1) is 16.0 Å². The van der Waals surface area contributed by atoms with E-state index in [1.165, 1.54) is 18.2 Å². The number of imide groups is 1. The number of nitrogens with zero attached hydrogens (tertiary/aromatic N) is 2. The van der Waals surface area contributed by atoms with E-state index in [0.29, 0.717) is 4.68 Å². The van der Waals surface area contributed by atoms with Crippen LogP contribution in [0.3, 0.4) is 0 Å². The second kappa shape index (κ2) is 6.92. The van der Waals surface area contributed by atoms with E-state index in [9.17, 15) is 29.3 Å². The molecule has 27 heavy (non-hydrogen) atoms. The maximum Gasteiger partial charge on any atom is 0.340 e. The molecule has 3 N–H and O–H groups in total. The normalized spacial score (nSPS) is 10.4. The molecule has 0 saturated heterocycles. The number of hydrogen-bond donors (Lipinski definition) is 3. The number of aromatic nitrogens is 2. The highest BCUT2D eigenvalue weighted by molar-refractivity contribution is 6.06. The number of fused-ring (bicyclic) bond motifs is 1. The Labute approximate surface area is 149 Å². The predicted octanol–water partition coefficient (Wildman–Crippen LogP) is 0.692. The van der Waals surface area contributed by atoms with Crippen molar-refractivity contribution in [2.75, 3.05) is 5.43 Å². The predicted molar refractivity (Wildman–Crippen MR) is 94.1 cm³/mol. The lowest BCUT2D eigenvalue weighted by Gasteiger charge is -2.11. The number of carbonyl (C=O) groups is 2. The number of amides is 3. The van der Waals surface area contributed by atoms with E-state index >= 15 is 0 Å². The largest absolute Gasteiger partial charge is 0.340 e. The number of benzene rings is 2. The Kier molecular flexibility index (Phi) is 4.49. The first-order valence-electron chi connectivity index (χ1n) is 7.47. The molecule has 0 bridgehead atoms. The molecule has 1 aromatic heterocycles. The monoisotopic (exact) mass is 369 g/mol. The Morgan fingerprint density at radius 2 is 1.78 bits per heavy atom. The van der Waals surface area contributed by atoms with Gasteiger partial charge in [0.2, 0.25) is 0 Å². The molecule has 0 saturated carbocycles. The average Bonchev–Trinajstić information content (AvgIpc) is 2.65. The molecule has 0 aliphatic heterocycles. The number of nitro groups is 1. The second-order valence-electron chi connectivity index (χ2n) is 5.31. The smallest absolute Gasteiger partial charge is 0.316 e. The number of nitrogens with one attached hydrogen (secondary N) is 3. The minimum Gasteiger partial charge on any atom is -0.316 e. The van der Waals surface area contributed by atoms with Crippen LogP contribution in [0.15, 0.2) is 58.1 Å². The van der Waals surface area contributed by atoms with E-state index in [1.54, 1.807) is 18.2 Å². The summed E-state index contributed by atoms with van der Waals surface area (Å²) in [6, 6.07) is 10.1. The Balaban J connectivity index is 1.94. The summed E-state index contributed by atoms with van der Waals surface area (Å²) in [6.07, 6.45) is 0. The average molecular weight is 369 g/mol. The zero-order chi connectivity index (χ0) is 19.6. The molecule has 0 unspecified atom stereocenters. The summed E-state index contributed by atoms with van der Waals surface area (Å²) in [5, 5.41) is 12.9. The first-order valence-corrected chi connectivity index (χ1v) is 7.47. The quantitative estimate of drug-likeness (QED) is 0.350. The van der Waals surface area contributed by atoms with Gasteiger partial charge in [-0.3, -0.25) is 29.8 Å². The molecular weight excluding hydrogens is 358 g/mol. The molecule has 0 aliphatic rings.